The lowest BCUT2D eigenvalue weighted by Gasteiger charge is -2.23. The molecule has 29 heavy (non-hydrogen) atoms. The highest BCUT2D eigenvalue weighted by atomic mass is 35.5. The lowest BCUT2D eigenvalue weighted by molar-refractivity contribution is 0.0642. The number of hydrogen-bond donors (Lipinski definition) is 2. The van der Waals surface area contributed by atoms with E-state index < -0.39 is 0 Å². The molecule has 2 aliphatic rings. The van der Waals surface area contributed by atoms with Gasteiger partial charge in [0.2, 0.25) is 0 Å². The molecular weight excluding hydrogens is 415 g/mol. The Hall–Kier alpha value is -2.48. The third-order valence-electron chi connectivity index (χ3n) is 4.96. The highest BCUT2D eigenvalue weighted by Crippen LogP contribution is 2.25. The lowest BCUT2D eigenvalue weighted by atomic mass is 10.0. The van der Waals surface area contributed by atoms with Crippen molar-refractivity contribution in [3.8, 4) is 0 Å². The third-order valence-corrected chi connectivity index (χ3v) is 4.96. The van der Waals surface area contributed by atoms with E-state index in [4.69, 9.17) is 0 Å². The Morgan fingerprint density at radius 1 is 1.10 bits per heavy atom. The summed E-state index contributed by atoms with van der Waals surface area (Å²) >= 11 is 0. The number of nitrogens with one attached hydrogen (secondary N) is 2. The minimum atomic E-state index is -0.374. The number of imide groups is 1. The van der Waals surface area contributed by atoms with Crippen molar-refractivity contribution >= 4 is 42.5 Å². The van der Waals surface area contributed by atoms with E-state index in [0.717, 1.165) is 31.5 Å². The molecule has 1 aromatic carbocycles. The van der Waals surface area contributed by atoms with Crippen LogP contribution in [0.5, 0.6) is 0 Å². The summed E-state index contributed by atoms with van der Waals surface area (Å²) in [5.41, 5.74) is 1.84. The second-order valence-electron chi connectivity index (χ2n) is 6.83. The first-order chi connectivity index (χ1) is 13.1. The molecule has 4 rings (SSSR count). The predicted octanol–water partition coefficient (Wildman–Crippen LogP) is 2.20. The summed E-state index contributed by atoms with van der Waals surface area (Å²) < 4.78 is 0. The van der Waals surface area contributed by atoms with E-state index in [2.05, 4.69) is 15.6 Å². The van der Waals surface area contributed by atoms with Gasteiger partial charge in [0.25, 0.3) is 17.7 Å². The maximum absolute atomic E-state index is 12.7. The number of benzene rings is 1. The molecule has 1 atom stereocenters. The second-order valence-corrected chi connectivity index (χ2v) is 6.83. The molecule has 1 fully saturated rings. The maximum Gasteiger partial charge on any atom is 0.261 e. The van der Waals surface area contributed by atoms with Gasteiger partial charge in [0.15, 0.2) is 0 Å². The largest absolute Gasteiger partial charge is 0.348 e. The molecule has 3 amide bonds. The first-order valence-corrected chi connectivity index (χ1v) is 9.04. The van der Waals surface area contributed by atoms with Crippen molar-refractivity contribution in [2.24, 2.45) is 0 Å². The summed E-state index contributed by atoms with van der Waals surface area (Å²) in [7, 11) is 0. The second kappa shape index (κ2) is 9.82. The van der Waals surface area contributed by atoms with Crippen LogP contribution in [0.1, 0.15) is 49.5 Å². The van der Waals surface area contributed by atoms with Gasteiger partial charge in [0.1, 0.15) is 0 Å². The Balaban J connectivity index is 0.00000150. The molecule has 0 unspecified atom stereocenters. The lowest BCUT2D eigenvalue weighted by Crippen LogP contribution is -2.45. The van der Waals surface area contributed by atoms with E-state index in [1.165, 1.54) is 11.0 Å². The van der Waals surface area contributed by atoms with Gasteiger partial charge in [-0.3, -0.25) is 24.3 Å². The van der Waals surface area contributed by atoms with Crippen molar-refractivity contribution in [1.29, 1.82) is 0 Å². The molecule has 0 bridgehead atoms. The summed E-state index contributed by atoms with van der Waals surface area (Å²) in [6.07, 6.45) is 5.19. The third kappa shape index (κ3) is 4.75. The topological polar surface area (TPSA) is 91.4 Å². The molecule has 0 aliphatic carbocycles. The van der Waals surface area contributed by atoms with Crippen LogP contribution in [0.25, 0.3) is 0 Å². The number of amides is 3. The van der Waals surface area contributed by atoms with Gasteiger partial charge >= 0.3 is 0 Å². The monoisotopic (exact) mass is 436 g/mol. The van der Waals surface area contributed by atoms with Gasteiger partial charge in [-0.1, -0.05) is 0 Å². The summed E-state index contributed by atoms with van der Waals surface area (Å²) in [4.78, 5) is 43.0. The van der Waals surface area contributed by atoms with Crippen LogP contribution in [0.15, 0.2) is 42.7 Å². The quantitative estimate of drug-likeness (QED) is 0.716. The first-order valence-electron chi connectivity index (χ1n) is 9.04. The molecule has 0 spiro atoms. The van der Waals surface area contributed by atoms with Crippen LogP contribution < -0.4 is 10.6 Å². The van der Waals surface area contributed by atoms with Crippen LogP contribution in [0.4, 0.5) is 0 Å². The van der Waals surface area contributed by atoms with Crippen molar-refractivity contribution in [3.05, 3.63) is 65.0 Å². The normalized spacial score (nSPS) is 17.8. The van der Waals surface area contributed by atoms with Crippen molar-refractivity contribution < 1.29 is 14.4 Å². The van der Waals surface area contributed by atoms with Gasteiger partial charge in [-0.15, -0.1) is 24.8 Å². The molecular formula is C20H22Cl2N4O3. The highest BCUT2D eigenvalue weighted by molar-refractivity contribution is 6.22. The smallest absolute Gasteiger partial charge is 0.261 e. The van der Waals surface area contributed by atoms with Crippen LogP contribution >= 0.6 is 24.8 Å². The Bertz CT molecular complexity index is 902. The number of carbonyl (C=O) groups excluding carboxylic acids is 3. The fraction of sp³-hybridized carbons (Fsp3) is 0.300. The van der Waals surface area contributed by atoms with E-state index in [-0.39, 0.29) is 60.7 Å². The standard InChI is InChI=1S/C20H20N4O3.2ClH/c25-18(23-15-2-1-7-22-11-15)14-3-4-16-17(10-14)20(27)24(19(16)26)12-13-5-8-21-9-6-13;;/h3-6,8-10,15,22H,1-2,7,11-12H2,(H,23,25);2*1H/t15-;;/m0../s1. The molecule has 2 N–H and O–H groups in total. The number of aromatic nitrogens is 1. The number of nitrogens with zero attached hydrogens (tertiary/aromatic N) is 2. The Morgan fingerprint density at radius 3 is 2.52 bits per heavy atom. The molecule has 7 nitrogen and oxygen atoms in total. The average molecular weight is 437 g/mol. The molecule has 3 heterocycles. The van der Waals surface area contributed by atoms with Gasteiger partial charge in [0, 0.05) is 30.5 Å². The van der Waals surface area contributed by atoms with Crippen LogP contribution in [0.2, 0.25) is 0 Å². The fourth-order valence-corrected chi connectivity index (χ4v) is 3.49. The summed E-state index contributed by atoms with van der Waals surface area (Å²) in [6, 6.07) is 8.30. The molecule has 0 saturated carbocycles. The van der Waals surface area contributed by atoms with Gasteiger partial charge in [-0.25, -0.2) is 0 Å². The van der Waals surface area contributed by atoms with Crippen molar-refractivity contribution in [2.45, 2.75) is 25.4 Å². The predicted molar refractivity (Wildman–Crippen MR) is 113 cm³/mol. The van der Waals surface area contributed by atoms with E-state index in [1.807, 2.05) is 0 Å². The van der Waals surface area contributed by atoms with Crippen LogP contribution in [-0.4, -0.2) is 46.7 Å². The number of fused-ring (bicyclic) bond motifs is 1. The zero-order valence-corrected chi connectivity index (χ0v) is 17.2. The summed E-state index contributed by atoms with van der Waals surface area (Å²) in [6.45, 7) is 1.90. The Labute approximate surface area is 181 Å². The molecule has 2 aromatic rings. The molecule has 2 aliphatic heterocycles. The van der Waals surface area contributed by atoms with Crippen LogP contribution in [-0.2, 0) is 6.54 Å². The Morgan fingerprint density at radius 2 is 1.83 bits per heavy atom. The molecule has 1 saturated heterocycles. The van der Waals surface area contributed by atoms with Crippen molar-refractivity contribution in [3.63, 3.8) is 0 Å². The number of pyridine rings is 1. The van der Waals surface area contributed by atoms with Crippen LogP contribution in [0.3, 0.4) is 0 Å². The maximum atomic E-state index is 12.7. The molecule has 154 valence electrons. The van der Waals surface area contributed by atoms with E-state index >= 15 is 0 Å². The molecule has 9 heteroatoms. The number of piperidine rings is 1. The highest BCUT2D eigenvalue weighted by Gasteiger charge is 2.36. The first kappa shape index (κ1) is 22.8. The van der Waals surface area contributed by atoms with E-state index in [0.29, 0.717) is 11.1 Å². The molecule has 0 radical (unpaired) electrons. The zero-order valence-electron chi connectivity index (χ0n) is 15.6. The van der Waals surface area contributed by atoms with Crippen molar-refractivity contribution in [2.75, 3.05) is 13.1 Å². The van der Waals surface area contributed by atoms with Gasteiger partial charge < -0.3 is 10.6 Å². The molecule has 1 aromatic heterocycles. The SMILES string of the molecule is Cl.Cl.O=C(N[C@H]1CCCNC1)c1ccc2c(c1)C(=O)N(Cc1ccncc1)C2=O. The number of hydrogen-bond acceptors (Lipinski definition) is 5. The van der Waals surface area contributed by atoms with Gasteiger partial charge in [0.05, 0.1) is 17.7 Å². The summed E-state index contributed by atoms with van der Waals surface area (Å²) in [5, 5.41) is 6.24. The average Bonchev–Trinajstić information content (AvgIpc) is 2.94. The number of rotatable bonds is 4. The zero-order chi connectivity index (χ0) is 18.8. The Kier molecular flexibility index (Phi) is 7.73. The van der Waals surface area contributed by atoms with Crippen molar-refractivity contribution in [1.82, 2.24) is 20.5 Å². The fourth-order valence-electron chi connectivity index (χ4n) is 3.49. The van der Waals surface area contributed by atoms with Gasteiger partial charge in [-0.05, 0) is 55.3 Å². The van der Waals surface area contributed by atoms with Gasteiger partial charge in [-0.2, -0.15) is 0 Å². The summed E-state index contributed by atoms with van der Waals surface area (Å²) in [5.74, 6) is -0.935. The van der Waals surface area contributed by atoms with Crippen LogP contribution in [0, 0.1) is 0 Å². The van der Waals surface area contributed by atoms with E-state index in [1.54, 1.807) is 36.7 Å². The number of carbonyl (C=O) groups is 3. The minimum absolute atomic E-state index is 0. The van der Waals surface area contributed by atoms with E-state index in [9.17, 15) is 14.4 Å². The minimum Gasteiger partial charge on any atom is -0.348 e. The number of halogens is 2.